The summed E-state index contributed by atoms with van der Waals surface area (Å²) >= 11 is 15.7. The second kappa shape index (κ2) is 11.3. The van der Waals surface area contributed by atoms with Crippen LogP contribution >= 0.6 is 39.1 Å². The number of fused-ring (bicyclic) bond motifs is 1. The fourth-order valence-corrected chi connectivity index (χ4v) is 4.51. The van der Waals surface area contributed by atoms with E-state index in [2.05, 4.69) is 32.6 Å². The van der Waals surface area contributed by atoms with Gasteiger partial charge in [0.05, 0.1) is 24.2 Å². The molecule has 0 aliphatic heterocycles. The number of hydrogen-bond donors (Lipinski definition) is 0. The van der Waals surface area contributed by atoms with Crippen molar-refractivity contribution < 1.29 is 9.47 Å². The van der Waals surface area contributed by atoms with Gasteiger partial charge >= 0.3 is 0 Å². The van der Waals surface area contributed by atoms with Crippen molar-refractivity contribution in [1.29, 1.82) is 0 Å². The number of nitrogens with zero attached hydrogens (tertiary/aromatic N) is 3. The van der Waals surface area contributed by atoms with Crippen molar-refractivity contribution in [3.63, 3.8) is 0 Å². The van der Waals surface area contributed by atoms with Gasteiger partial charge in [0.1, 0.15) is 12.4 Å². The van der Waals surface area contributed by atoms with Gasteiger partial charge in [0.15, 0.2) is 11.5 Å². The topological polar surface area (TPSA) is 65.7 Å². The summed E-state index contributed by atoms with van der Waals surface area (Å²) in [6.07, 6.45) is 3.90. The van der Waals surface area contributed by atoms with Gasteiger partial charge in [0, 0.05) is 25.6 Å². The normalized spacial score (nSPS) is 11.2. The fourth-order valence-electron chi connectivity index (χ4n) is 3.69. The summed E-state index contributed by atoms with van der Waals surface area (Å²) in [4.78, 5) is 17.6. The molecule has 0 radical (unpaired) electrons. The van der Waals surface area contributed by atoms with E-state index >= 15 is 0 Å². The molecule has 0 N–H and O–H groups in total. The molecule has 1 heterocycles. The van der Waals surface area contributed by atoms with Crippen molar-refractivity contribution in [1.82, 2.24) is 9.66 Å². The van der Waals surface area contributed by atoms with Crippen molar-refractivity contribution in [3.8, 4) is 11.5 Å². The number of hydrogen-bond acceptors (Lipinski definition) is 5. The highest BCUT2D eigenvalue weighted by Gasteiger charge is 2.14. The highest BCUT2D eigenvalue weighted by molar-refractivity contribution is 9.10. The molecule has 0 amide bonds. The molecule has 0 saturated heterocycles. The molecule has 6 nitrogen and oxygen atoms in total. The van der Waals surface area contributed by atoms with Gasteiger partial charge < -0.3 is 9.47 Å². The third kappa shape index (κ3) is 5.64. The number of halogens is 3. The van der Waals surface area contributed by atoms with Crippen molar-refractivity contribution in [2.75, 3.05) is 7.11 Å². The molecule has 0 saturated carbocycles. The zero-order valence-electron chi connectivity index (χ0n) is 19.6. The third-order valence-corrected chi connectivity index (χ3v) is 6.50. The predicted octanol–water partition coefficient (Wildman–Crippen LogP) is 6.97. The van der Waals surface area contributed by atoms with Gasteiger partial charge in [-0.3, -0.25) is 4.79 Å². The maximum Gasteiger partial charge on any atom is 0.282 e. The van der Waals surface area contributed by atoms with E-state index in [1.165, 1.54) is 4.68 Å². The van der Waals surface area contributed by atoms with E-state index in [-0.39, 0.29) is 12.2 Å². The van der Waals surface area contributed by atoms with Gasteiger partial charge in [-0.15, -0.1) is 6.58 Å². The Morgan fingerprint density at radius 1 is 1.14 bits per heavy atom. The Hall–Kier alpha value is -3.13. The number of aryl methyl sites for hydroxylation is 1. The number of benzene rings is 3. The van der Waals surface area contributed by atoms with Crippen LogP contribution in [-0.2, 0) is 13.0 Å². The molecule has 184 valence electrons. The molecule has 0 aliphatic carbocycles. The molecule has 0 spiro atoms. The zero-order chi connectivity index (χ0) is 25.8. The standard InChI is InChI=1S/C27H22BrCl2N3O3/c1-4-5-18-10-17(11-25(35-3)26(18)36-15-19-6-8-21(29)13-23(19)30)14-31-33-16(2)32-24-9-7-20(28)12-22(24)27(33)34/h4,6-14H,1,5,15H2,2-3H3. The average molecular weight is 587 g/mol. The van der Waals surface area contributed by atoms with Crippen molar-refractivity contribution in [3.05, 3.63) is 109 Å². The van der Waals surface area contributed by atoms with Gasteiger partial charge in [-0.1, -0.05) is 51.3 Å². The highest BCUT2D eigenvalue weighted by atomic mass is 79.9. The Morgan fingerprint density at radius 2 is 1.94 bits per heavy atom. The molecular formula is C27H22BrCl2N3O3. The molecule has 3 aromatic carbocycles. The monoisotopic (exact) mass is 585 g/mol. The van der Waals surface area contributed by atoms with Crippen LogP contribution in [0.25, 0.3) is 10.9 Å². The second-order valence-electron chi connectivity index (χ2n) is 7.91. The van der Waals surface area contributed by atoms with Crippen molar-refractivity contribution in [2.24, 2.45) is 5.10 Å². The summed E-state index contributed by atoms with van der Waals surface area (Å²) in [5.41, 5.74) is 2.72. The first-order valence-corrected chi connectivity index (χ1v) is 12.5. The molecular weight excluding hydrogens is 565 g/mol. The van der Waals surface area contributed by atoms with E-state index in [1.807, 2.05) is 18.2 Å². The highest BCUT2D eigenvalue weighted by Crippen LogP contribution is 2.34. The van der Waals surface area contributed by atoms with Crippen LogP contribution in [0.4, 0.5) is 0 Å². The Bertz CT molecular complexity index is 1550. The Labute approximate surface area is 226 Å². The molecule has 0 atom stereocenters. The maximum atomic E-state index is 13.0. The summed E-state index contributed by atoms with van der Waals surface area (Å²) in [6, 6.07) is 14.3. The lowest BCUT2D eigenvalue weighted by Crippen LogP contribution is -2.20. The average Bonchev–Trinajstić information content (AvgIpc) is 2.84. The van der Waals surface area contributed by atoms with E-state index in [0.717, 1.165) is 21.2 Å². The number of allylic oxidation sites excluding steroid dienone is 1. The Balaban J connectivity index is 1.69. The predicted molar refractivity (Wildman–Crippen MR) is 149 cm³/mol. The maximum absolute atomic E-state index is 13.0. The molecule has 0 fully saturated rings. The number of aromatic nitrogens is 2. The van der Waals surface area contributed by atoms with E-state index in [9.17, 15) is 4.79 Å². The van der Waals surface area contributed by atoms with Crippen LogP contribution in [0.15, 0.2) is 75.6 Å². The van der Waals surface area contributed by atoms with E-state index in [1.54, 1.807) is 56.7 Å². The van der Waals surface area contributed by atoms with Gasteiger partial charge in [0.2, 0.25) is 0 Å². The van der Waals surface area contributed by atoms with Gasteiger partial charge in [-0.2, -0.15) is 9.78 Å². The first kappa shape index (κ1) is 25.9. The lowest BCUT2D eigenvalue weighted by atomic mass is 10.1. The van der Waals surface area contributed by atoms with Crippen molar-refractivity contribution >= 4 is 56.2 Å². The van der Waals surface area contributed by atoms with E-state index in [4.69, 9.17) is 32.7 Å². The minimum atomic E-state index is -0.256. The summed E-state index contributed by atoms with van der Waals surface area (Å²) in [5, 5.41) is 5.98. The van der Waals surface area contributed by atoms with Crippen LogP contribution in [0.5, 0.6) is 11.5 Å². The van der Waals surface area contributed by atoms with Crippen LogP contribution in [0.1, 0.15) is 22.5 Å². The molecule has 0 aliphatic rings. The quantitative estimate of drug-likeness (QED) is 0.165. The minimum Gasteiger partial charge on any atom is -0.493 e. The third-order valence-electron chi connectivity index (χ3n) is 5.42. The van der Waals surface area contributed by atoms with E-state index < -0.39 is 0 Å². The molecule has 0 bridgehead atoms. The summed E-state index contributed by atoms with van der Waals surface area (Å²) < 4.78 is 13.8. The van der Waals surface area contributed by atoms with Gasteiger partial charge in [-0.05, 0) is 61.4 Å². The van der Waals surface area contributed by atoms with E-state index in [0.29, 0.717) is 44.7 Å². The SMILES string of the molecule is C=CCc1cc(C=Nn2c(C)nc3ccc(Br)cc3c2=O)cc(OC)c1OCc1ccc(Cl)cc1Cl. The molecule has 4 rings (SSSR count). The summed E-state index contributed by atoms with van der Waals surface area (Å²) in [6.45, 7) is 5.83. The van der Waals surface area contributed by atoms with Crippen LogP contribution in [0.3, 0.4) is 0 Å². The van der Waals surface area contributed by atoms with Gasteiger partial charge in [-0.25, -0.2) is 4.98 Å². The van der Waals surface area contributed by atoms with Crippen molar-refractivity contribution in [2.45, 2.75) is 20.0 Å². The molecule has 36 heavy (non-hydrogen) atoms. The Morgan fingerprint density at radius 3 is 2.67 bits per heavy atom. The summed E-state index contributed by atoms with van der Waals surface area (Å²) in [7, 11) is 1.57. The molecule has 4 aromatic rings. The number of rotatable bonds is 8. The second-order valence-corrected chi connectivity index (χ2v) is 9.67. The first-order chi connectivity index (χ1) is 17.3. The van der Waals surface area contributed by atoms with Gasteiger partial charge in [0.25, 0.3) is 5.56 Å². The minimum absolute atomic E-state index is 0.233. The lowest BCUT2D eigenvalue weighted by Gasteiger charge is -2.16. The van der Waals surface area contributed by atoms with Crippen LogP contribution in [0.2, 0.25) is 10.0 Å². The fraction of sp³-hybridized carbons (Fsp3) is 0.148. The number of ether oxygens (including phenoxy) is 2. The van der Waals surface area contributed by atoms with Crippen LogP contribution in [0, 0.1) is 6.92 Å². The summed E-state index contributed by atoms with van der Waals surface area (Å²) in [5.74, 6) is 1.57. The molecule has 9 heteroatoms. The largest absolute Gasteiger partial charge is 0.493 e. The molecule has 0 unspecified atom stereocenters. The lowest BCUT2D eigenvalue weighted by molar-refractivity contribution is 0.282. The molecule has 1 aromatic heterocycles. The first-order valence-electron chi connectivity index (χ1n) is 10.9. The van der Waals surface area contributed by atoms with Crippen LogP contribution in [-0.4, -0.2) is 23.0 Å². The zero-order valence-corrected chi connectivity index (χ0v) is 22.7. The number of methoxy groups -OCH3 is 1. The smallest absolute Gasteiger partial charge is 0.282 e. The Kier molecular flexibility index (Phi) is 8.14. The van der Waals surface area contributed by atoms with Crippen LogP contribution < -0.4 is 15.0 Å².